The van der Waals surface area contributed by atoms with Crippen LogP contribution in [0.2, 0.25) is 10.0 Å². The minimum absolute atomic E-state index is 0.333. The Balaban J connectivity index is 1.45. The second kappa shape index (κ2) is 8.51. The van der Waals surface area contributed by atoms with Gasteiger partial charge in [-0.1, -0.05) is 35.3 Å². The molecule has 1 aromatic heterocycles. The molecule has 0 unspecified atom stereocenters. The summed E-state index contributed by atoms with van der Waals surface area (Å²) < 4.78 is 27.3. The summed E-state index contributed by atoms with van der Waals surface area (Å²) in [6, 6.07) is 16.0. The fraction of sp³-hybridized carbons (Fsp3) is 0.238. The van der Waals surface area contributed by atoms with E-state index in [0.29, 0.717) is 52.6 Å². The van der Waals surface area contributed by atoms with Crippen molar-refractivity contribution in [2.75, 3.05) is 31.1 Å². The third-order valence-electron chi connectivity index (χ3n) is 5.05. The Labute approximate surface area is 186 Å². The molecule has 1 aliphatic heterocycles. The Morgan fingerprint density at radius 2 is 1.67 bits per heavy atom. The fourth-order valence-electron chi connectivity index (χ4n) is 3.42. The molecule has 0 atom stereocenters. The van der Waals surface area contributed by atoms with Crippen molar-refractivity contribution in [1.29, 1.82) is 0 Å². The van der Waals surface area contributed by atoms with Gasteiger partial charge in [0.15, 0.2) is 5.82 Å². The van der Waals surface area contributed by atoms with Crippen LogP contribution in [0.3, 0.4) is 0 Å². The third-order valence-corrected chi connectivity index (χ3v) is 7.49. The molecule has 2 heterocycles. The first kappa shape index (κ1) is 21.1. The van der Waals surface area contributed by atoms with Gasteiger partial charge in [-0.3, -0.25) is 0 Å². The molecule has 3 aromatic rings. The highest BCUT2D eigenvalue weighted by Crippen LogP contribution is 2.29. The first-order chi connectivity index (χ1) is 14.3. The fourth-order valence-corrected chi connectivity index (χ4v) is 5.45. The SMILES string of the molecule is Cc1cccc(S(=O)(=O)N2CCN(c3ccc(-c4ccc(Cl)cc4Cl)nn3)CC2)c1. The molecule has 0 saturated carbocycles. The number of benzene rings is 2. The van der Waals surface area contributed by atoms with Gasteiger partial charge in [0.05, 0.1) is 15.6 Å². The van der Waals surface area contributed by atoms with Crippen molar-refractivity contribution < 1.29 is 8.42 Å². The van der Waals surface area contributed by atoms with Gasteiger partial charge in [0.1, 0.15) is 0 Å². The van der Waals surface area contributed by atoms with Crippen LogP contribution in [0.4, 0.5) is 5.82 Å². The lowest BCUT2D eigenvalue weighted by Crippen LogP contribution is -2.49. The molecule has 30 heavy (non-hydrogen) atoms. The number of hydrogen-bond donors (Lipinski definition) is 0. The molecule has 1 fully saturated rings. The van der Waals surface area contributed by atoms with E-state index in [4.69, 9.17) is 23.2 Å². The Hall–Kier alpha value is -2.19. The summed E-state index contributed by atoms with van der Waals surface area (Å²) in [5, 5.41) is 9.68. The highest BCUT2D eigenvalue weighted by Gasteiger charge is 2.29. The van der Waals surface area contributed by atoms with Gasteiger partial charge in [-0.15, -0.1) is 10.2 Å². The lowest BCUT2D eigenvalue weighted by atomic mass is 10.1. The van der Waals surface area contributed by atoms with Gasteiger partial charge in [0.2, 0.25) is 10.0 Å². The van der Waals surface area contributed by atoms with Crippen molar-refractivity contribution in [2.45, 2.75) is 11.8 Å². The average molecular weight is 463 g/mol. The van der Waals surface area contributed by atoms with Crippen LogP contribution in [0, 0.1) is 6.92 Å². The number of nitrogens with zero attached hydrogens (tertiary/aromatic N) is 4. The number of halogens is 2. The summed E-state index contributed by atoms with van der Waals surface area (Å²) in [7, 11) is -3.50. The van der Waals surface area contributed by atoms with Gasteiger partial charge in [-0.05, 0) is 55.0 Å². The van der Waals surface area contributed by atoms with Gasteiger partial charge >= 0.3 is 0 Å². The summed E-state index contributed by atoms with van der Waals surface area (Å²) in [4.78, 5) is 2.36. The van der Waals surface area contributed by atoms with E-state index < -0.39 is 10.0 Å². The van der Waals surface area contributed by atoms with Gasteiger partial charge in [0.25, 0.3) is 0 Å². The van der Waals surface area contributed by atoms with Crippen LogP contribution in [0.1, 0.15) is 5.56 Å². The monoisotopic (exact) mass is 462 g/mol. The van der Waals surface area contributed by atoms with Crippen LogP contribution in [0.15, 0.2) is 59.5 Å². The van der Waals surface area contributed by atoms with Crippen LogP contribution in [0.25, 0.3) is 11.3 Å². The van der Waals surface area contributed by atoms with Crippen molar-refractivity contribution >= 4 is 39.0 Å². The van der Waals surface area contributed by atoms with E-state index in [0.717, 1.165) is 11.1 Å². The number of hydrogen-bond acceptors (Lipinski definition) is 5. The number of piperazine rings is 1. The standard InChI is InChI=1S/C21H20Cl2N4O2S/c1-15-3-2-4-17(13-15)30(28,29)27-11-9-26(10-12-27)21-8-7-20(24-25-21)18-6-5-16(22)14-19(18)23/h2-8,13-14H,9-12H2,1H3. The van der Waals surface area contributed by atoms with E-state index in [1.807, 2.05) is 36.1 Å². The van der Waals surface area contributed by atoms with E-state index in [9.17, 15) is 8.42 Å². The van der Waals surface area contributed by atoms with Crippen molar-refractivity contribution in [1.82, 2.24) is 14.5 Å². The molecule has 4 rings (SSSR count). The van der Waals surface area contributed by atoms with E-state index in [-0.39, 0.29) is 0 Å². The lowest BCUT2D eigenvalue weighted by molar-refractivity contribution is 0.383. The zero-order chi connectivity index (χ0) is 21.3. The summed E-state index contributed by atoms with van der Waals surface area (Å²) in [6.07, 6.45) is 0. The maximum absolute atomic E-state index is 12.9. The van der Waals surface area contributed by atoms with Crippen LogP contribution < -0.4 is 4.90 Å². The molecule has 0 radical (unpaired) electrons. The zero-order valence-corrected chi connectivity index (χ0v) is 18.6. The van der Waals surface area contributed by atoms with Gasteiger partial charge in [0, 0.05) is 36.8 Å². The Bertz CT molecular complexity index is 1160. The first-order valence-electron chi connectivity index (χ1n) is 9.45. The topological polar surface area (TPSA) is 66.4 Å². The van der Waals surface area contributed by atoms with E-state index in [1.54, 1.807) is 30.3 Å². The Kier molecular flexibility index (Phi) is 5.97. The second-order valence-electron chi connectivity index (χ2n) is 7.11. The largest absolute Gasteiger partial charge is 0.352 e. The molecule has 1 saturated heterocycles. The zero-order valence-electron chi connectivity index (χ0n) is 16.3. The van der Waals surface area contributed by atoms with Crippen molar-refractivity contribution in [2.24, 2.45) is 0 Å². The molecule has 0 spiro atoms. The molecule has 2 aromatic carbocycles. The summed E-state index contributed by atoms with van der Waals surface area (Å²) in [5.41, 5.74) is 2.33. The Morgan fingerprint density at radius 1 is 0.900 bits per heavy atom. The molecule has 9 heteroatoms. The van der Waals surface area contributed by atoms with E-state index in [2.05, 4.69) is 10.2 Å². The highest BCUT2D eigenvalue weighted by molar-refractivity contribution is 7.89. The quantitative estimate of drug-likeness (QED) is 0.578. The predicted octanol–water partition coefficient (Wildman–Crippen LogP) is 4.27. The normalized spacial score (nSPS) is 15.4. The molecular weight excluding hydrogens is 443 g/mol. The highest BCUT2D eigenvalue weighted by atomic mass is 35.5. The molecule has 0 N–H and O–H groups in total. The van der Waals surface area contributed by atoms with Crippen molar-refractivity contribution in [3.05, 3.63) is 70.2 Å². The number of aryl methyl sites for hydroxylation is 1. The average Bonchev–Trinajstić information content (AvgIpc) is 2.74. The number of sulfonamides is 1. The van der Waals surface area contributed by atoms with E-state index in [1.165, 1.54) is 4.31 Å². The molecule has 1 aliphatic rings. The summed E-state index contributed by atoms with van der Waals surface area (Å²) in [6.45, 7) is 3.75. The maximum Gasteiger partial charge on any atom is 0.243 e. The van der Waals surface area contributed by atoms with Crippen LogP contribution >= 0.6 is 23.2 Å². The molecule has 0 aliphatic carbocycles. The van der Waals surface area contributed by atoms with Crippen LogP contribution in [0.5, 0.6) is 0 Å². The molecule has 0 amide bonds. The first-order valence-corrected chi connectivity index (χ1v) is 11.6. The van der Waals surface area contributed by atoms with Crippen molar-refractivity contribution in [3.63, 3.8) is 0 Å². The Morgan fingerprint density at radius 3 is 2.30 bits per heavy atom. The summed E-state index contributed by atoms with van der Waals surface area (Å²) >= 11 is 12.2. The predicted molar refractivity (Wildman–Crippen MR) is 120 cm³/mol. The van der Waals surface area contributed by atoms with Crippen LogP contribution in [-0.4, -0.2) is 49.1 Å². The third kappa shape index (κ3) is 4.30. The maximum atomic E-state index is 12.9. The van der Waals surface area contributed by atoms with Crippen molar-refractivity contribution in [3.8, 4) is 11.3 Å². The second-order valence-corrected chi connectivity index (χ2v) is 9.89. The lowest BCUT2D eigenvalue weighted by Gasteiger charge is -2.34. The number of anilines is 1. The molecule has 6 nitrogen and oxygen atoms in total. The van der Waals surface area contributed by atoms with E-state index >= 15 is 0 Å². The van der Waals surface area contributed by atoms with Gasteiger partial charge in [-0.2, -0.15) is 4.31 Å². The van der Waals surface area contributed by atoms with Gasteiger partial charge < -0.3 is 4.90 Å². The smallest absolute Gasteiger partial charge is 0.243 e. The summed E-state index contributed by atoms with van der Waals surface area (Å²) in [5.74, 6) is 0.705. The molecule has 0 bridgehead atoms. The minimum atomic E-state index is -3.50. The molecular formula is C21H20Cl2N4O2S. The number of rotatable bonds is 4. The van der Waals surface area contributed by atoms with Gasteiger partial charge in [-0.25, -0.2) is 8.42 Å². The minimum Gasteiger partial charge on any atom is -0.352 e. The van der Waals surface area contributed by atoms with Crippen LogP contribution in [-0.2, 0) is 10.0 Å². The molecule has 156 valence electrons. The number of aromatic nitrogens is 2.